The van der Waals surface area contributed by atoms with Gasteiger partial charge in [0.25, 0.3) is 0 Å². The third-order valence-corrected chi connectivity index (χ3v) is 3.35. The molecule has 1 rings (SSSR count). The van der Waals surface area contributed by atoms with Gasteiger partial charge in [0.15, 0.2) is 0 Å². The van der Waals surface area contributed by atoms with Crippen LogP contribution in [0.15, 0.2) is 12.4 Å². The molecule has 0 saturated heterocycles. The molecule has 5 nitrogen and oxygen atoms in total. The minimum atomic E-state index is 0.0337. The second kappa shape index (κ2) is 8.16. The van der Waals surface area contributed by atoms with E-state index in [1.165, 1.54) is 0 Å². The quantitative estimate of drug-likeness (QED) is 0.726. The maximum absolute atomic E-state index is 11.8. The molecular weight excluding hydrogens is 250 g/mol. The van der Waals surface area contributed by atoms with Crippen LogP contribution in [0.3, 0.4) is 0 Å². The van der Waals surface area contributed by atoms with Crippen LogP contribution in [0.1, 0.15) is 18.4 Å². The van der Waals surface area contributed by atoms with Crippen LogP contribution in [-0.4, -0.2) is 45.5 Å². The summed E-state index contributed by atoms with van der Waals surface area (Å²) in [5.41, 5.74) is 1.07. The molecule has 2 N–H and O–H groups in total. The van der Waals surface area contributed by atoms with Gasteiger partial charge < -0.3 is 10.4 Å². The van der Waals surface area contributed by atoms with Gasteiger partial charge in [-0.15, -0.1) is 0 Å². The number of carbonyl (C=O) groups excluding carboxylic acids is 1. The fraction of sp³-hybridized carbons (Fsp3) is 0.667. The molecule has 18 heavy (non-hydrogen) atoms. The van der Waals surface area contributed by atoms with Crippen molar-refractivity contribution in [2.45, 2.75) is 25.3 Å². The fourth-order valence-electron chi connectivity index (χ4n) is 1.71. The van der Waals surface area contributed by atoms with Gasteiger partial charge in [-0.1, -0.05) is 0 Å². The SMILES string of the molecule is CSCC(CCO)NC(=O)CCc1cnn(C)c1. The number of hydrogen-bond acceptors (Lipinski definition) is 4. The van der Waals surface area contributed by atoms with Crippen LogP contribution in [0.25, 0.3) is 0 Å². The van der Waals surface area contributed by atoms with Gasteiger partial charge in [-0.25, -0.2) is 0 Å². The summed E-state index contributed by atoms with van der Waals surface area (Å²) in [5, 5.41) is 15.9. The molecule has 1 unspecified atom stereocenters. The van der Waals surface area contributed by atoms with Crippen molar-refractivity contribution in [3.05, 3.63) is 18.0 Å². The number of rotatable bonds is 8. The Hall–Kier alpha value is -1.01. The molecule has 1 heterocycles. The molecular formula is C12H21N3O2S. The Bertz CT molecular complexity index is 362. The molecule has 0 aromatic carbocycles. The molecule has 0 radical (unpaired) electrons. The molecule has 102 valence electrons. The van der Waals surface area contributed by atoms with E-state index in [-0.39, 0.29) is 18.6 Å². The van der Waals surface area contributed by atoms with Crippen molar-refractivity contribution in [2.75, 3.05) is 18.6 Å². The lowest BCUT2D eigenvalue weighted by Gasteiger charge is -2.16. The maximum atomic E-state index is 11.8. The minimum absolute atomic E-state index is 0.0337. The standard InChI is InChI=1S/C12H21N3O2S/c1-15-8-10(7-13-15)3-4-12(17)14-11(5-6-16)9-18-2/h7-8,11,16H,3-6,9H2,1-2H3,(H,14,17). The topological polar surface area (TPSA) is 67.2 Å². The molecule has 1 atom stereocenters. The highest BCUT2D eigenvalue weighted by Gasteiger charge is 2.11. The average molecular weight is 271 g/mol. The van der Waals surface area contributed by atoms with Crippen LogP contribution in [0.2, 0.25) is 0 Å². The first kappa shape index (κ1) is 15.0. The van der Waals surface area contributed by atoms with Gasteiger partial charge in [0, 0.05) is 38.1 Å². The number of hydrogen-bond donors (Lipinski definition) is 2. The molecule has 0 aliphatic carbocycles. The van der Waals surface area contributed by atoms with E-state index < -0.39 is 0 Å². The summed E-state index contributed by atoms with van der Waals surface area (Å²) in [7, 11) is 1.86. The molecule has 1 aromatic heterocycles. The Labute approximate surface area is 112 Å². The Kier molecular flexibility index (Phi) is 6.82. The third-order valence-electron chi connectivity index (χ3n) is 2.61. The molecule has 1 aromatic rings. The van der Waals surface area contributed by atoms with Gasteiger partial charge in [-0.2, -0.15) is 16.9 Å². The first-order valence-corrected chi connectivity index (χ1v) is 7.41. The zero-order valence-electron chi connectivity index (χ0n) is 10.9. The van der Waals surface area contributed by atoms with E-state index in [4.69, 9.17) is 5.11 Å². The Morgan fingerprint density at radius 3 is 3.00 bits per heavy atom. The monoisotopic (exact) mass is 271 g/mol. The van der Waals surface area contributed by atoms with Crippen molar-refractivity contribution in [2.24, 2.45) is 7.05 Å². The predicted molar refractivity (Wildman–Crippen MR) is 73.5 cm³/mol. The first-order valence-electron chi connectivity index (χ1n) is 6.02. The van der Waals surface area contributed by atoms with Crippen molar-refractivity contribution < 1.29 is 9.90 Å². The number of carbonyl (C=O) groups is 1. The number of nitrogens with one attached hydrogen (secondary N) is 1. The number of nitrogens with zero attached hydrogens (tertiary/aromatic N) is 2. The highest BCUT2D eigenvalue weighted by molar-refractivity contribution is 7.98. The Balaban J connectivity index is 2.31. The largest absolute Gasteiger partial charge is 0.396 e. The van der Waals surface area contributed by atoms with Crippen molar-refractivity contribution >= 4 is 17.7 Å². The van der Waals surface area contributed by atoms with Crippen LogP contribution in [0.4, 0.5) is 0 Å². The second-order valence-electron chi connectivity index (χ2n) is 4.25. The first-order chi connectivity index (χ1) is 8.65. The molecule has 0 fully saturated rings. The minimum Gasteiger partial charge on any atom is -0.396 e. The van der Waals surface area contributed by atoms with E-state index in [1.807, 2.05) is 19.5 Å². The lowest BCUT2D eigenvalue weighted by molar-refractivity contribution is -0.121. The van der Waals surface area contributed by atoms with Crippen molar-refractivity contribution in [1.29, 1.82) is 0 Å². The molecule has 0 bridgehead atoms. The number of amides is 1. The van der Waals surface area contributed by atoms with Gasteiger partial charge in [0.05, 0.1) is 6.20 Å². The van der Waals surface area contributed by atoms with Crippen molar-refractivity contribution in [3.63, 3.8) is 0 Å². The number of aliphatic hydroxyl groups is 1. The van der Waals surface area contributed by atoms with Crippen LogP contribution in [-0.2, 0) is 18.3 Å². The highest BCUT2D eigenvalue weighted by Crippen LogP contribution is 2.04. The zero-order valence-corrected chi connectivity index (χ0v) is 11.7. The number of aryl methyl sites for hydroxylation is 2. The maximum Gasteiger partial charge on any atom is 0.220 e. The highest BCUT2D eigenvalue weighted by atomic mass is 32.2. The Morgan fingerprint density at radius 1 is 1.67 bits per heavy atom. The van der Waals surface area contributed by atoms with Crippen LogP contribution >= 0.6 is 11.8 Å². The van der Waals surface area contributed by atoms with Crippen molar-refractivity contribution in [1.82, 2.24) is 15.1 Å². The van der Waals surface area contributed by atoms with E-state index >= 15 is 0 Å². The molecule has 0 saturated carbocycles. The number of thioether (sulfide) groups is 1. The molecule has 6 heteroatoms. The predicted octanol–water partition coefficient (Wildman–Crippen LogP) is 0.583. The second-order valence-corrected chi connectivity index (χ2v) is 5.16. The van der Waals surface area contributed by atoms with E-state index in [0.29, 0.717) is 19.3 Å². The molecule has 1 amide bonds. The number of aromatic nitrogens is 2. The summed E-state index contributed by atoms with van der Waals surface area (Å²) >= 11 is 1.67. The zero-order chi connectivity index (χ0) is 13.4. The lowest BCUT2D eigenvalue weighted by atomic mass is 10.2. The fourth-order valence-corrected chi connectivity index (χ4v) is 2.37. The van der Waals surface area contributed by atoms with Crippen LogP contribution < -0.4 is 5.32 Å². The van der Waals surface area contributed by atoms with E-state index in [0.717, 1.165) is 11.3 Å². The summed E-state index contributed by atoms with van der Waals surface area (Å²) < 4.78 is 1.73. The van der Waals surface area contributed by atoms with Crippen LogP contribution in [0.5, 0.6) is 0 Å². The van der Waals surface area contributed by atoms with Gasteiger partial charge in [0.2, 0.25) is 5.91 Å². The number of aliphatic hydroxyl groups excluding tert-OH is 1. The Morgan fingerprint density at radius 2 is 2.44 bits per heavy atom. The van der Waals surface area contributed by atoms with E-state index in [9.17, 15) is 4.79 Å². The lowest BCUT2D eigenvalue weighted by Crippen LogP contribution is -2.37. The molecule has 0 spiro atoms. The summed E-state index contributed by atoms with van der Waals surface area (Å²) in [6, 6.07) is 0.0615. The smallest absolute Gasteiger partial charge is 0.220 e. The van der Waals surface area contributed by atoms with E-state index in [2.05, 4.69) is 10.4 Å². The van der Waals surface area contributed by atoms with Gasteiger partial charge >= 0.3 is 0 Å². The van der Waals surface area contributed by atoms with Gasteiger partial charge in [-0.05, 0) is 24.7 Å². The summed E-state index contributed by atoms with van der Waals surface area (Å²) in [6.07, 6.45) is 7.46. The summed E-state index contributed by atoms with van der Waals surface area (Å²) in [5.74, 6) is 0.866. The average Bonchev–Trinajstić information content (AvgIpc) is 2.73. The van der Waals surface area contributed by atoms with Crippen molar-refractivity contribution in [3.8, 4) is 0 Å². The summed E-state index contributed by atoms with van der Waals surface area (Å²) in [4.78, 5) is 11.8. The molecule has 0 aliphatic rings. The molecule has 0 aliphatic heterocycles. The van der Waals surface area contributed by atoms with Gasteiger partial charge in [-0.3, -0.25) is 9.48 Å². The van der Waals surface area contributed by atoms with E-state index in [1.54, 1.807) is 22.6 Å². The van der Waals surface area contributed by atoms with Crippen LogP contribution in [0, 0.1) is 0 Å². The van der Waals surface area contributed by atoms with Gasteiger partial charge in [0.1, 0.15) is 0 Å². The summed E-state index contributed by atoms with van der Waals surface area (Å²) in [6.45, 7) is 0.105. The third kappa shape index (κ3) is 5.55. The normalized spacial score (nSPS) is 12.4.